The van der Waals surface area contributed by atoms with Crippen molar-refractivity contribution >= 4 is 6.29 Å². The summed E-state index contributed by atoms with van der Waals surface area (Å²) in [6.45, 7) is 2.83. The highest BCUT2D eigenvalue weighted by molar-refractivity contribution is 5.79. The first-order chi connectivity index (χ1) is 10.8. The average molecular weight is 296 g/mol. The summed E-state index contributed by atoms with van der Waals surface area (Å²) in [6.07, 6.45) is 3.96. The molecule has 22 heavy (non-hydrogen) atoms. The molecule has 0 bridgehead atoms. The fourth-order valence-electron chi connectivity index (χ4n) is 2.77. The summed E-state index contributed by atoms with van der Waals surface area (Å²) in [7, 11) is 0. The molecule has 0 spiro atoms. The van der Waals surface area contributed by atoms with E-state index in [4.69, 9.17) is 9.47 Å². The Morgan fingerprint density at radius 1 is 1.18 bits per heavy atom. The first-order valence-electron chi connectivity index (χ1n) is 7.71. The van der Waals surface area contributed by atoms with E-state index in [9.17, 15) is 4.79 Å². The Kier molecular flexibility index (Phi) is 4.54. The molecule has 1 heterocycles. The molecule has 1 saturated heterocycles. The lowest BCUT2D eigenvalue weighted by Crippen LogP contribution is -2.24. The molecule has 1 fully saturated rings. The number of carbonyl (C=O) groups excluding carboxylic acids is 1. The fourth-order valence-corrected chi connectivity index (χ4v) is 2.77. The second kappa shape index (κ2) is 6.75. The number of carbonyl (C=O) groups is 1. The monoisotopic (exact) mass is 296 g/mol. The highest BCUT2D eigenvalue weighted by atomic mass is 16.7. The molecule has 1 aliphatic heterocycles. The van der Waals surface area contributed by atoms with Crippen molar-refractivity contribution in [2.45, 2.75) is 32.5 Å². The number of hydrogen-bond donors (Lipinski definition) is 0. The third-order valence-corrected chi connectivity index (χ3v) is 3.94. The smallest absolute Gasteiger partial charge is 0.199 e. The number of rotatable bonds is 4. The van der Waals surface area contributed by atoms with E-state index in [0.717, 1.165) is 54.6 Å². The molecule has 1 unspecified atom stereocenters. The summed E-state index contributed by atoms with van der Waals surface area (Å²) in [5, 5.41) is 0. The third kappa shape index (κ3) is 3.37. The van der Waals surface area contributed by atoms with Gasteiger partial charge in [0, 0.05) is 12.0 Å². The van der Waals surface area contributed by atoms with Crippen LogP contribution in [0.25, 0.3) is 11.1 Å². The molecule has 1 atom stereocenters. The molecule has 0 amide bonds. The van der Waals surface area contributed by atoms with Gasteiger partial charge >= 0.3 is 0 Å². The molecular formula is C19H20O3. The van der Waals surface area contributed by atoms with Crippen LogP contribution in [0, 0.1) is 6.92 Å². The summed E-state index contributed by atoms with van der Waals surface area (Å²) in [5.74, 6) is 0.833. The van der Waals surface area contributed by atoms with Crippen LogP contribution in [-0.2, 0) is 4.74 Å². The van der Waals surface area contributed by atoms with E-state index in [-0.39, 0.29) is 6.29 Å². The number of aldehydes is 1. The number of ether oxygens (including phenoxy) is 2. The largest absolute Gasteiger partial charge is 0.465 e. The Balaban J connectivity index is 1.80. The molecule has 0 saturated carbocycles. The Bertz CT molecular complexity index is 657. The molecule has 3 nitrogen and oxygen atoms in total. The highest BCUT2D eigenvalue weighted by Gasteiger charge is 2.15. The lowest BCUT2D eigenvalue weighted by Gasteiger charge is -2.23. The Labute approximate surface area is 130 Å². The van der Waals surface area contributed by atoms with E-state index in [1.165, 1.54) is 0 Å². The minimum absolute atomic E-state index is 0.127. The topological polar surface area (TPSA) is 35.5 Å². The van der Waals surface area contributed by atoms with Crippen molar-refractivity contribution in [3.05, 3.63) is 53.6 Å². The predicted molar refractivity (Wildman–Crippen MR) is 86.2 cm³/mol. The van der Waals surface area contributed by atoms with Crippen LogP contribution in [-0.4, -0.2) is 19.2 Å². The standard InChI is InChI=1S/C19H20O3/c1-14-11-17(22-19-7-2-3-10-21-19)8-9-18(14)16-6-4-5-15(12-16)13-20/h4-6,8-9,11-13,19H,2-3,7,10H2,1H3. The van der Waals surface area contributed by atoms with E-state index >= 15 is 0 Å². The van der Waals surface area contributed by atoms with Gasteiger partial charge in [-0.3, -0.25) is 4.79 Å². The maximum absolute atomic E-state index is 10.9. The van der Waals surface area contributed by atoms with E-state index in [0.29, 0.717) is 5.56 Å². The van der Waals surface area contributed by atoms with Gasteiger partial charge in [0.15, 0.2) is 6.29 Å². The molecule has 3 heteroatoms. The zero-order valence-corrected chi connectivity index (χ0v) is 12.7. The summed E-state index contributed by atoms with van der Waals surface area (Å²) < 4.78 is 11.5. The number of hydrogen-bond acceptors (Lipinski definition) is 3. The van der Waals surface area contributed by atoms with E-state index in [2.05, 4.69) is 6.92 Å². The van der Waals surface area contributed by atoms with Crippen LogP contribution in [0.1, 0.15) is 35.2 Å². The van der Waals surface area contributed by atoms with Crippen molar-refractivity contribution in [2.75, 3.05) is 6.61 Å². The molecule has 0 N–H and O–H groups in total. The van der Waals surface area contributed by atoms with Crippen molar-refractivity contribution in [1.29, 1.82) is 0 Å². The van der Waals surface area contributed by atoms with Crippen LogP contribution >= 0.6 is 0 Å². The van der Waals surface area contributed by atoms with Crippen LogP contribution < -0.4 is 4.74 Å². The maximum Gasteiger partial charge on any atom is 0.199 e. The van der Waals surface area contributed by atoms with E-state index < -0.39 is 0 Å². The fraction of sp³-hybridized carbons (Fsp3) is 0.316. The lowest BCUT2D eigenvalue weighted by atomic mass is 9.99. The molecule has 3 rings (SSSR count). The summed E-state index contributed by atoms with van der Waals surface area (Å²) in [4.78, 5) is 10.9. The number of benzene rings is 2. The Hall–Kier alpha value is -2.13. The van der Waals surface area contributed by atoms with Crippen molar-refractivity contribution in [3.8, 4) is 16.9 Å². The van der Waals surface area contributed by atoms with Crippen molar-refractivity contribution in [2.24, 2.45) is 0 Å². The van der Waals surface area contributed by atoms with Gasteiger partial charge in [-0.15, -0.1) is 0 Å². The van der Waals surface area contributed by atoms with Gasteiger partial charge in [-0.25, -0.2) is 0 Å². The first kappa shape index (κ1) is 14.8. The van der Waals surface area contributed by atoms with Gasteiger partial charge in [-0.2, -0.15) is 0 Å². The predicted octanol–water partition coefficient (Wildman–Crippen LogP) is 4.38. The van der Waals surface area contributed by atoms with Crippen LogP contribution in [0.2, 0.25) is 0 Å². The quantitative estimate of drug-likeness (QED) is 0.785. The van der Waals surface area contributed by atoms with Crippen molar-refractivity contribution in [3.63, 3.8) is 0 Å². The van der Waals surface area contributed by atoms with Crippen LogP contribution in [0.5, 0.6) is 5.75 Å². The van der Waals surface area contributed by atoms with Gasteiger partial charge in [0.05, 0.1) is 6.61 Å². The van der Waals surface area contributed by atoms with Crippen molar-refractivity contribution in [1.82, 2.24) is 0 Å². The second-order valence-electron chi connectivity index (χ2n) is 5.63. The van der Waals surface area contributed by atoms with Crippen molar-refractivity contribution < 1.29 is 14.3 Å². The van der Waals surface area contributed by atoms with Crippen LogP contribution in [0.15, 0.2) is 42.5 Å². The molecule has 2 aromatic rings. The van der Waals surface area contributed by atoms with Gasteiger partial charge in [0.2, 0.25) is 0 Å². The highest BCUT2D eigenvalue weighted by Crippen LogP contribution is 2.28. The molecule has 2 aromatic carbocycles. The normalized spacial score (nSPS) is 18.0. The van der Waals surface area contributed by atoms with E-state index in [1.54, 1.807) is 0 Å². The first-order valence-corrected chi connectivity index (χ1v) is 7.71. The Morgan fingerprint density at radius 3 is 2.82 bits per heavy atom. The van der Waals surface area contributed by atoms with E-state index in [1.807, 2.05) is 42.5 Å². The molecule has 114 valence electrons. The number of aryl methyl sites for hydroxylation is 1. The summed E-state index contributed by atoms with van der Waals surface area (Å²) >= 11 is 0. The average Bonchev–Trinajstić information content (AvgIpc) is 2.56. The zero-order valence-electron chi connectivity index (χ0n) is 12.7. The minimum atomic E-state index is -0.127. The third-order valence-electron chi connectivity index (χ3n) is 3.94. The van der Waals surface area contributed by atoms with Crippen LogP contribution in [0.4, 0.5) is 0 Å². The van der Waals surface area contributed by atoms with Gasteiger partial charge in [0.1, 0.15) is 12.0 Å². The Morgan fingerprint density at radius 2 is 2.09 bits per heavy atom. The zero-order chi connectivity index (χ0) is 15.4. The van der Waals surface area contributed by atoms with Gasteiger partial charge in [-0.05, 0) is 54.7 Å². The van der Waals surface area contributed by atoms with Crippen LogP contribution in [0.3, 0.4) is 0 Å². The molecule has 0 radical (unpaired) electrons. The molecular weight excluding hydrogens is 276 g/mol. The molecule has 0 aromatic heterocycles. The maximum atomic E-state index is 10.9. The SMILES string of the molecule is Cc1cc(OC2CCCCO2)ccc1-c1cccc(C=O)c1. The molecule has 0 aliphatic carbocycles. The second-order valence-corrected chi connectivity index (χ2v) is 5.63. The minimum Gasteiger partial charge on any atom is -0.465 e. The summed E-state index contributed by atoms with van der Waals surface area (Å²) in [6, 6.07) is 13.7. The molecule has 1 aliphatic rings. The summed E-state index contributed by atoms with van der Waals surface area (Å²) in [5.41, 5.74) is 3.97. The van der Waals surface area contributed by atoms with Gasteiger partial charge in [0.25, 0.3) is 0 Å². The lowest BCUT2D eigenvalue weighted by molar-refractivity contribution is -0.105. The van der Waals surface area contributed by atoms with Gasteiger partial charge < -0.3 is 9.47 Å². The van der Waals surface area contributed by atoms with Gasteiger partial charge in [-0.1, -0.05) is 24.3 Å².